The first-order valence-corrected chi connectivity index (χ1v) is 11.7. The number of halogens is 7. The van der Waals surface area contributed by atoms with Crippen LogP contribution in [0.2, 0.25) is 0 Å². The van der Waals surface area contributed by atoms with Crippen molar-refractivity contribution in [1.82, 2.24) is 0 Å². The van der Waals surface area contributed by atoms with Crippen LogP contribution in [0, 0.1) is 34.9 Å². The molecular formula is C24H26BBrF6O7. The Morgan fingerprint density at radius 3 is 1.44 bits per heavy atom. The second-order valence-electron chi connectivity index (χ2n) is 6.84. The van der Waals surface area contributed by atoms with Gasteiger partial charge in [-0.25, -0.2) is 8.78 Å². The second kappa shape index (κ2) is 17.5. The molecule has 0 heterocycles. The van der Waals surface area contributed by atoms with Gasteiger partial charge in [0.05, 0.1) is 24.3 Å². The number of ether oxygens (including phenoxy) is 3. The van der Waals surface area contributed by atoms with Crippen molar-refractivity contribution >= 4 is 28.5 Å². The molecule has 7 nitrogen and oxygen atoms in total. The van der Waals surface area contributed by atoms with Crippen LogP contribution in [0.15, 0.2) is 40.9 Å². The maximum atomic E-state index is 13.1. The highest BCUT2D eigenvalue weighted by Crippen LogP contribution is 2.27. The largest absolute Gasteiger partial charge is 0.505 e. The van der Waals surface area contributed by atoms with Gasteiger partial charge in [0.2, 0.25) is 17.5 Å². The number of aromatic hydroxyl groups is 1. The zero-order valence-corrected chi connectivity index (χ0v) is 22.5. The van der Waals surface area contributed by atoms with E-state index >= 15 is 0 Å². The number of rotatable bonds is 7. The Morgan fingerprint density at radius 2 is 1.00 bits per heavy atom. The minimum absolute atomic E-state index is 0. The summed E-state index contributed by atoms with van der Waals surface area (Å²) >= 11 is 2.86. The summed E-state index contributed by atoms with van der Waals surface area (Å²) in [6.07, 6.45) is 0. The average Bonchev–Trinajstić information content (AvgIpc) is 2.88. The summed E-state index contributed by atoms with van der Waals surface area (Å²) in [5.41, 5.74) is -0.508. The highest BCUT2D eigenvalue weighted by molar-refractivity contribution is 9.10. The van der Waals surface area contributed by atoms with Gasteiger partial charge in [0, 0.05) is 5.46 Å². The highest BCUT2D eigenvalue weighted by Gasteiger charge is 2.22. The molecule has 0 amide bonds. The van der Waals surface area contributed by atoms with E-state index in [9.17, 15) is 26.3 Å². The molecule has 0 atom stereocenters. The van der Waals surface area contributed by atoms with Gasteiger partial charge in [-0.3, -0.25) is 0 Å². The molecule has 3 rings (SSSR count). The van der Waals surface area contributed by atoms with Gasteiger partial charge < -0.3 is 34.8 Å². The maximum absolute atomic E-state index is 13.1. The lowest BCUT2D eigenvalue weighted by Gasteiger charge is -2.07. The number of phenols is 1. The third-order valence-corrected chi connectivity index (χ3v) is 4.89. The Labute approximate surface area is 229 Å². The summed E-state index contributed by atoms with van der Waals surface area (Å²) < 4.78 is 91.7. The Morgan fingerprint density at radius 1 is 0.615 bits per heavy atom. The normalized spacial score (nSPS) is 9.74. The first-order chi connectivity index (χ1) is 17.9. The van der Waals surface area contributed by atoms with Crippen LogP contribution in [-0.2, 0) is 0 Å². The quantitative estimate of drug-likeness (QED) is 0.202. The number of hydrogen-bond donors (Lipinski definition) is 3. The Kier molecular flexibility index (Phi) is 16.0. The van der Waals surface area contributed by atoms with Crippen LogP contribution < -0.4 is 19.7 Å². The molecule has 5 N–H and O–H groups in total. The van der Waals surface area contributed by atoms with E-state index in [2.05, 4.69) is 15.9 Å². The second-order valence-corrected chi connectivity index (χ2v) is 7.69. The molecular weight excluding hydrogens is 605 g/mol. The summed E-state index contributed by atoms with van der Waals surface area (Å²) in [6.45, 7) is 5.77. The zero-order valence-electron chi connectivity index (χ0n) is 20.9. The van der Waals surface area contributed by atoms with Gasteiger partial charge >= 0.3 is 7.12 Å². The fraction of sp³-hybridized carbons (Fsp3) is 0.250. The molecule has 0 aliphatic heterocycles. The Hall–Kier alpha value is -3.14. The van der Waals surface area contributed by atoms with Crippen LogP contribution in [0.25, 0.3) is 0 Å². The van der Waals surface area contributed by atoms with E-state index in [-0.39, 0.29) is 40.4 Å². The van der Waals surface area contributed by atoms with Crippen molar-refractivity contribution in [3.63, 3.8) is 0 Å². The number of benzene rings is 3. The van der Waals surface area contributed by atoms with Gasteiger partial charge in [-0.2, -0.15) is 17.6 Å². The topological polar surface area (TPSA) is 120 Å². The van der Waals surface area contributed by atoms with E-state index in [4.69, 9.17) is 29.4 Å². The lowest BCUT2D eigenvalue weighted by molar-refractivity contribution is 0.308. The molecule has 0 aliphatic carbocycles. The molecule has 3 aromatic rings. The third-order valence-electron chi connectivity index (χ3n) is 4.28. The van der Waals surface area contributed by atoms with Crippen LogP contribution in [0.1, 0.15) is 20.8 Å². The van der Waals surface area contributed by atoms with E-state index in [1.807, 2.05) is 0 Å². The van der Waals surface area contributed by atoms with E-state index in [0.29, 0.717) is 6.61 Å². The van der Waals surface area contributed by atoms with E-state index < -0.39 is 53.2 Å². The fourth-order valence-corrected chi connectivity index (χ4v) is 2.88. The van der Waals surface area contributed by atoms with Crippen molar-refractivity contribution in [2.75, 3.05) is 19.8 Å². The van der Waals surface area contributed by atoms with E-state index in [1.165, 1.54) is 18.2 Å². The molecule has 0 bridgehead atoms. The maximum Gasteiger partial charge on any atom is 0.491 e. The predicted molar refractivity (Wildman–Crippen MR) is 135 cm³/mol. The van der Waals surface area contributed by atoms with Gasteiger partial charge in [-0.15, -0.1) is 0 Å². The predicted octanol–water partition coefficient (Wildman–Crippen LogP) is 4.41. The molecule has 0 aromatic heterocycles. The monoisotopic (exact) mass is 630 g/mol. The van der Waals surface area contributed by atoms with Crippen LogP contribution in [0.3, 0.4) is 0 Å². The molecule has 0 spiro atoms. The molecule has 39 heavy (non-hydrogen) atoms. The average molecular weight is 631 g/mol. The zero-order chi connectivity index (χ0) is 29.0. The molecule has 0 radical (unpaired) electrons. The molecule has 0 saturated heterocycles. The van der Waals surface area contributed by atoms with Gasteiger partial charge in [0.1, 0.15) is 0 Å². The third kappa shape index (κ3) is 10.2. The van der Waals surface area contributed by atoms with Crippen molar-refractivity contribution < 1.29 is 61.2 Å². The Bertz CT molecular complexity index is 1140. The molecule has 0 aliphatic rings. The van der Waals surface area contributed by atoms with Gasteiger partial charge in [-0.1, -0.05) is 6.07 Å². The Balaban J connectivity index is 0.000000551. The van der Waals surface area contributed by atoms with Crippen molar-refractivity contribution in [3.05, 3.63) is 75.8 Å². The van der Waals surface area contributed by atoms with Crippen molar-refractivity contribution in [2.45, 2.75) is 20.8 Å². The van der Waals surface area contributed by atoms with Crippen LogP contribution in [0.4, 0.5) is 26.3 Å². The van der Waals surface area contributed by atoms with Crippen molar-refractivity contribution in [1.29, 1.82) is 0 Å². The first kappa shape index (κ1) is 35.9. The SMILES string of the molecule is CCOc1ccc(B(O)O)c(F)c1F.CCOc1ccc(Br)c(F)c1F.CCOc1ccc(O)c(F)c1F.O. The standard InChI is InChI=1S/C8H9BF2O3.C8H7BrF2O.C8H8F2O2.H2O/c1-2-14-6-4-3-5(9(12)13)7(10)8(6)11;1-2-12-6-4-3-5(9)7(10)8(6)11;1-2-12-6-4-3-5(11)7(9)8(6)10;/h3-4,12-13H,2H2,1H3;3-4H,2H2,1H3;3-4,11H,2H2,1H3;1H2. The van der Waals surface area contributed by atoms with Crippen molar-refractivity contribution in [2.24, 2.45) is 0 Å². The molecule has 3 aromatic carbocycles. The summed E-state index contributed by atoms with van der Waals surface area (Å²) in [5.74, 6) is -8.01. The van der Waals surface area contributed by atoms with E-state index in [1.54, 1.807) is 20.8 Å². The van der Waals surface area contributed by atoms with Gasteiger partial charge in [0.15, 0.2) is 40.4 Å². The van der Waals surface area contributed by atoms with Crippen molar-refractivity contribution in [3.8, 4) is 23.0 Å². The van der Waals surface area contributed by atoms with Gasteiger partial charge in [0.25, 0.3) is 0 Å². The first-order valence-electron chi connectivity index (χ1n) is 10.9. The lowest BCUT2D eigenvalue weighted by atomic mass is 9.80. The molecule has 15 heteroatoms. The molecule has 216 valence electrons. The van der Waals surface area contributed by atoms with Crippen LogP contribution in [-0.4, -0.2) is 47.6 Å². The molecule has 0 saturated carbocycles. The summed E-state index contributed by atoms with van der Waals surface area (Å²) in [5, 5.41) is 26.0. The summed E-state index contributed by atoms with van der Waals surface area (Å²) in [7, 11) is -2.03. The summed E-state index contributed by atoms with van der Waals surface area (Å²) in [6, 6.07) is 7.22. The lowest BCUT2D eigenvalue weighted by Crippen LogP contribution is -2.33. The fourth-order valence-electron chi connectivity index (χ4n) is 2.58. The summed E-state index contributed by atoms with van der Waals surface area (Å²) in [4.78, 5) is 0. The minimum atomic E-state index is -2.03. The molecule has 0 unspecified atom stereocenters. The number of phenolic OH excluding ortho intramolecular Hbond substituents is 1. The number of hydrogen-bond acceptors (Lipinski definition) is 6. The van der Waals surface area contributed by atoms with Crippen LogP contribution >= 0.6 is 15.9 Å². The van der Waals surface area contributed by atoms with E-state index in [0.717, 1.165) is 18.2 Å². The highest BCUT2D eigenvalue weighted by atomic mass is 79.9. The van der Waals surface area contributed by atoms with Gasteiger partial charge in [-0.05, 0) is 67.0 Å². The minimum Gasteiger partial charge on any atom is -0.505 e. The molecule has 0 fully saturated rings. The van der Waals surface area contributed by atoms with Crippen LogP contribution in [0.5, 0.6) is 23.0 Å². The smallest absolute Gasteiger partial charge is 0.491 e.